The van der Waals surface area contributed by atoms with Crippen molar-refractivity contribution in [2.24, 2.45) is 5.41 Å². The molecule has 1 unspecified atom stereocenters. The van der Waals surface area contributed by atoms with E-state index in [9.17, 15) is 9.18 Å². The van der Waals surface area contributed by atoms with E-state index < -0.39 is 0 Å². The third-order valence-electron chi connectivity index (χ3n) is 4.52. The quantitative estimate of drug-likeness (QED) is 0.783. The molecule has 2 rings (SSSR count). The van der Waals surface area contributed by atoms with Crippen LogP contribution in [0.2, 0.25) is 0 Å². The minimum atomic E-state index is -0.353. The van der Waals surface area contributed by atoms with Gasteiger partial charge in [-0.05, 0) is 50.4 Å². The number of nitrogens with one attached hydrogen (secondary N) is 1. The predicted octanol–water partition coefficient (Wildman–Crippen LogP) is 2.23. The summed E-state index contributed by atoms with van der Waals surface area (Å²) in [5.41, 5.74) is 0.648. The fraction of sp³-hybridized carbons (Fsp3) is 0.611. The van der Waals surface area contributed by atoms with Crippen LogP contribution < -0.4 is 5.32 Å². The average Bonchev–Trinajstić information content (AvgIpc) is 2.53. The average molecular weight is 322 g/mol. The maximum absolute atomic E-state index is 13.2. The lowest BCUT2D eigenvalue weighted by Crippen LogP contribution is -2.51. The van der Waals surface area contributed by atoms with Crippen LogP contribution >= 0.6 is 0 Å². The molecule has 0 saturated carbocycles. The Balaban J connectivity index is 1.85. The van der Waals surface area contributed by atoms with Crippen LogP contribution in [-0.4, -0.2) is 50.7 Å². The summed E-state index contributed by atoms with van der Waals surface area (Å²) in [4.78, 5) is 14.7. The Morgan fingerprint density at radius 2 is 2.30 bits per heavy atom. The highest BCUT2D eigenvalue weighted by atomic mass is 19.1. The molecular formula is C18H27FN2O2. The second-order valence-electron chi connectivity index (χ2n) is 6.57. The lowest BCUT2D eigenvalue weighted by molar-refractivity contribution is -0.133. The monoisotopic (exact) mass is 322 g/mol. The van der Waals surface area contributed by atoms with Gasteiger partial charge in [-0.3, -0.25) is 4.79 Å². The Labute approximate surface area is 138 Å². The van der Waals surface area contributed by atoms with Crippen LogP contribution in [0.25, 0.3) is 0 Å². The summed E-state index contributed by atoms with van der Waals surface area (Å²) in [5, 5.41) is 2.96. The van der Waals surface area contributed by atoms with Gasteiger partial charge in [-0.25, -0.2) is 4.39 Å². The smallest absolute Gasteiger partial charge is 0.227 e. The number of hydrogen-bond acceptors (Lipinski definition) is 3. The number of hydrogen-bond donors (Lipinski definition) is 1. The number of rotatable bonds is 7. The van der Waals surface area contributed by atoms with Gasteiger partial charge in [0, 0.05) is 26.7 Å². The number of piperidine rings is 1. The fourth-order valence-corrected chi connectivity index (χ4v) is 3.18. The molecular weight excluding hydrogens is 295 g/mol. The molecule has 0 radical (unpaired) electrons. The molecule has 1 fully saturated rings. The van der Waals surface area contributed by atoms with Gasteiger partial charge >= 0.3 is 0 Å². The van der Waals surface area contributed by atoms with Crippen LogP contribution in [0.15, 0.2) is 24.3 Å². The van der Waals surface area contributed by atoms with E-state index in [0.717, 1.165) is 44.5 Å². The highest BCUT2D eigenvalue weighted by Gasteiger charge is 2.37. The van der Waals surface area contributed by atoms with Crippen molar-refractivity contribution in [3.63, 3.8) is 0 Å². The van der Waals surface area contributed by atoms with Crippen molar-refractivity contribution in [2.45, 2.75) is 26.2 Å². The number of benzene rings is 1. The van der Waals surface area contributed by atoms with Gasteiger partial charge in [0.15, 0.2) is 0 Å². The van der Waals surface area contributed by atoms with Gasteiger partial charge in [-0.1, -0.05) is 12.1 Å². The number of nitrogens with zero attached hydrogens (tertiary/aromatic N) is 1. The van der Waals surface area contributed by atoms with Gasteiger partial charge in [-0.15, -0.1) is 0 Å². The maximum Gasteiger partial charge on any atom is 0.227 e. The first-order chi connectivity index (χ1) is 11.0. The second kappa shape index (κ2) is 8.41. The molecule has 1 atom stereocenters. The van der Waals surface area contributed by atoms with Crippen molar-refractivity contribution in [3.05, 3.63) is 35.6 Å². The van der Waals surface area contributed by atoms with E-state index in [1.807, 2.05) is 13.0 Å². The molecule has 1 aromatic carbocycles. The van der Waals surface area contributed by atoms with Gasteiger partial charge in [-0.2, -0.15) is 0 Å². The Hall–Kier alpha value is -1.46. The van der Waals surface area contributed by atoms with Gasteiger partial charge in [0.25, 0.3) is 0 Å². The predicted molar refractivity (Wildman–Crippen MR) is 88.8 cm³/mol. The summed E-state index contributed by atoms with van der Waals surface area (Å²) in [5.74, 6) is -0.0893. The van der Waals surface area contributed by atoms with Crippen molar-refractivity contribution in [3.8, 4) is 0 Å². The van der Waals surface area contributed by atoms with Gasteiger partial charge in [0.05, 0.1) is 12.0 Å². The molecule has 0 spiro atoms. The molecule has 5 heteroatoms. The highest BCUT2D eigenvalue weighted by Crippen LogP contribution is 2.29. The normalized spacial score (nSPS) is 22.0. The summed E-state index contributed by atoms with van der Waals surface area (Å²) < 4.78 is 18.2. The summed E-state index contributed by atoms with van der Waals surface area (Å²) in [6.07, 6.45) is 2.72. The number of carbonyl (C=O) groups excluding carboxylic acids is 1. The maximum atomic E-state index is 13.2. The van der Waals surface area contributed by atoms with Crippen molar-refractivity contribution in [2.75, 3.05) is 39.9 Å². The number of likely N-dealkylation sites (tertiary alicyclic amines) is 1. The summed E-state index contributed by atoms with van der Waals surface area (Å²) >= 11 is 0. The Morgan fingerprint density at radius 1 is 1.48 bits per heavy atom. The molecule has 4 nitrogen and oxygen atoms in total. The van der Waals surface area contributed by atoms with Crippen LogP contribution in [0.3, 0.4) is 0 Å². The number of methoxy groups -OCH3 is 1. The third-order valence-corrected chi connectivity index (χ3v) is 4.52. The lowest BCUT2D eigenvalue weighted by atomic mass is 9.81. The van der Waals surface area contributed by atoms with Crippen LogP contribution in [0, 0.1) is 11.2 Å². The molecule has 1 aliphatic rings. The van der Waals surface area contributed by atoms with Crippen molar-refractivity contribution in [1.82, 2.24) is 10.2 Å². The first-order valence-corrected chi connectivity index (χ1v) is 8.27. The van der Waals surface area contributed by atoms with Crippen molar-refractivity contribution >= 4 is 5.91 Å². The fourth-order valence-electron chi connectivity index (χ4n) is 3.18. The number of ether oxygens (including phenoxy) is 1. The topological polar surface area (TPSA) is 41.6 Å². The number of amides is 1. The SMILES string of the molecule is COCCNC(=O)C1(C)CCCN(CCc2cccc(F)c2)C1. The van der Waals surface area contributed by atoms with E-state index in [1.165, 1.54) is 6.07 Å². The second-order valence-corrected chi connectivity index (χ2v) is 6.57. The number of halogens is 1. The first kappa shape index (κ1) is 17.9. The van der Waals surface area contributed by atoms with E-state index in [1.54, 1.807) is 19.2 Å². The zero-order valence-corrected chi connectivity index (χ0v) is 14.1. The molecule has 1 heterocycles. The molecule has 23 heavy (non-hydrogen) atoms. The molecule has 0 aliphatic carbocycles. The molecule has 1 aliphatic heterocycles. The van der Waals surface area contributed by atoms with Crippen molar-refractivity contribution in [1.29, 1.82) is 0 Å². The molecule has 1 saturated heterocycles. The molecule has 1 N–H and O–H groups in total. The third kappa shape index (κ3) is 5.29. The van der Waals surface area contributed by atoms with E-state index in [-0.39, 0.29) is 17.1 Å². The molecule has 1 aromatic rings. The van der Waals surface area contributed by atoms with E-state index in [2.05, 4.69) is 10.2 Å². The standard InChI is InChI=1S/C18H27FN2O2/c1-18(17(22)20-9-12-23-2)8-4-10-21(14-18)11-7-15-5-3-6-16(19)13-15/h3,5-6,13H,4,7-12,14H2,1-2H3,(H,20,22). The Morgan fingerprint density at radius 3 is 3.04 bits per heavy atom. The molecule has 1 amide bonds. The van der Waals surface area contributed by atoms with Gasteiger partial charge < -0.3 is 15.0 Å². The van der Waals surface area contributed by atoms with E-state index in [4.69, 9.17) is 4.74 Å². The summed E-state index contributed by atoms with van der Waals surface area (Å²) in [7, 11) is 1.63. The number of carbonyl (C=O) groups is 1. The van der Waals surface area contributed by atoms with Crippen LogP contribution in [0.5, 0.6) is 0 Å². The summed E-state index contributed by atoms with van der Waals surface area (Å²) in [6, 6.07) is 6.74. The molecule has 0 aromatic heterocycles. The Kier molecular flexibility index (Phi) is 6.54. The van der Waals surface area contributed by atoms with E-state index in [0.29, 0.717) is 13.2 Å². The highest BCUT2D eigenvalue weighted by molar-refractivity contribution is 5.82. The van der Waals surface area contributed by atoms with Crippen LogP contribution in [-0.2, 0) is 16.0 Å². The Bertz CT molecular complexity index is 523. The minimum Gasteiger partial charge on any atom is -0.383 e. The van der Waals surface area contributed by atoms with Crippen molar-refractivity contribution < 1.29 is 13.9 Å². The van der Waals surface area contributed by atoms with Crippen LogP contribution in [0.4, 0.5) is 4.39 Å². The minimum absolute atomic E-state index is 0.102. The van der Waals surface area contributed by atoms with Gasteiger partial charge in [0.2, 0.25) is 5.91 Å². The lowest BCUT2D eigenvalue weighted by Gasteiger charge is -2.39. The molecule has 0 bridgehead atoms. The van der Waals surface area contributed by atoms with E-state index >= 15 is 0 Å². The zero-order valence-electron chi connectivity index (χ0n) is 14.1. The summed E-state index contributed by atoms with van der Waals surface area (Å²) in [6.45, 7) is 5.71. The molecule has 128 valence electrons. The largest absolute Gasteiger partial charge is 0.383 e. The van der Waals surface area contributed by atoms with Gasteiger partial charge in [0.1, 0.15) is 5.82 Å². The van der Waals surface area contributed by atoms with Crippen LogP contribution in [0.1, 0.15) is 25.3 Å². The first-order valence-electron chi connectivity index (χ1n) is 8.27. The zero-order chi connectivity index (χ0) is 16.7.